The second-order valence-corrected chi connectivity index (χ2v) is 4.98. The van der Waals surface area contributed by atoms with Crippen molar-refractivity contribution in [3.63, 3.8) is 0 Å². The van der Waals surface area contributed by atoms with Gasteiger partial charge in [0.2, 0.25) is 0 Å². The summed E-state index contributed by atoms with van der Waals surface area (Å²) in [4.78, 5) is 10.4. The predicted molar refractivity (Wildman–Crippen MR) is 69.8 cm³/mol. The van der Waals surface area contributed by atoms with Gasteiger partial charge in [-0.15, -0.1) is 0 Å². The Labute approximate surface area is 110 Å². The maximum absolute atomic E-state index is 6.12. The third-order valence-electron chi connectivity index (χ3n) is 3.33. The van der Waals surface area contributed by atoms with Crippen LogP contribution in [0, 0.1) is 0 Å². The summed E-state index contributed by atoms with van der Waals surface area (Å²) < 4.78 is 1.84. The average Bonchev–Trinajstić information content (AvgIpc) is 2.98. The van der Waals surface area contributed by atoms with Crippen molar-refractivity contribution >= 4 is 17.4 Å². The van der Waals surface area contributed by atoms with E-state index < -0.39 is 0 Å². The quantitative estimate of drug-likeness (QED) is 0.830. The third kappa shape index (κ3) is 2.06. The van der Waals surface area contributed by atoms with E-state index in [1.807, 2.05) is 17.9 Å². The molecule has 0 N–H and O–H groups in total. The van der Waals surface area contributed by atoms with Crippen LogP contribution in [-0.4, -0.2) is 32.8 Å². The molecule has 0 saturated carbocycles. The molecule has 1 aliphatic rings. The smallest absolute Gasteiger partial charge is 0.150 e. The Morgan fingerprint density at radius 1 is 1.39 bits per heavy atom. The number of aromatic nitrogens is 4. The van der Waals surface area contributed by atoms with Crippen LogP contribution in [0.15, 0.2) is 24.9 Å². The Bertz CT molecular complexity index is 553. The summed E-state index contributed by atoms with van der Waals surface area (Å²) in [5, 5.41) is 4.84. The number of anilines is 1. The van der Waals surface area contributed by atoms with Crippen molar-refractivity contribution in [1.29, 1.82) is 0 Å². The van der Waals surface area contributed by atoms with Crippen LogP contribution in [0.4, 0.5) is 5.82 Å². The van der Waals surface area contributed by atoms with Crippen LogP contribution >= 0.6 is 11.6 Å². The highest BCUT2D eigenvalue weighted by Crippen LogP contribution is 2.32. The normalized spacial score (nSPS) is 19.4. The minimum atomic E-state index is 0.504. The van der Waals surface area contributed by atoms with Gasteiger partial charge >= 0.3 is 0 Å². The van der Waals surface area contributed by atoms with E-state index in [1.54, 1.807) is 12.5 Å². The van der Waals surface area contributed by atoms with E-state index in [4.69, 9.17) is 11.6 Å². The lowest BCUT2D eigenvalue weighted by Crippen LogP contribution is -2.20. The van der Waals surface area contributed by atoms with Gasteiger partial charge in [-0.25, -0.2) is 9.97 Å². The molecule has 18 heavy (non-hydrogen) atoms. The van der Waals surface area contributed by atoms with E-state index in [9.17, 15) is 0 Å². The van der Waals surface area contributed by atoms with Gasteiger partial charge in [0.15, 0.2) is 5.82 Å². The van der Waals surface area contributed by atoms with Crippen LogP contribution in [0.1, 0.15) is 17.9 Å². The molecule has 0 amide bonds. The van der Waals surface area contributed by atoms with E-state index in [0.29, 0.717) is 10.9 Å². The molecule has 3 rings (SSSR count). The summed E-state index contributed by atoms with van der Waals surface area (Å²) in [5.74, 6) is 1.34. The van der Waals surface area contributed by atoms with Crippen LogP contribution in [0.3, 0.4) is 0 Å². The fraction of sp³-hybridized carbons (Fsp3) is 0.417. The summed E-state index contributed by atoms with van der Waals surface area (Å²) >= 11 is 6.12. The fourth-order valence-electron chi connectivity index (χ4n) is 2.41. The Balaban J connectivity index is 1.78. The largest absolute Gasteiger partial charge is 0.355 e. The molecular formula is C12H14ClN5. The Kier molecular flexibility index (Phi) is 2.91. The lowest BCUT2D eigenvalue weighted by atomic mass is 10.0. The zero-order valence-corrected chi connectivity index (χ0v) is 10.9. The van der Waals surface area contributed by atoms with Crippen molar-refractivity contribution in [2.45, 2.75) is 12.3 Å². The first-order valence-electron chi connectivity index (χ1n) is 5.93. The fourth-order valence-corrected chi connectivity index (χ4v) is 2.64. The van der Waals surface area contributed by atoms with Gasteiger partial charge < -0.3 is 4.90 Å². The van der Waals surface area contributed by atoms with Crippen molar-refractivity contribution in [1.82, 2.24) is 19.7 Å². The zero-order valence-electron chi connectivity index (χ0n) is 10.1. The monoisotopic (exact) mass is 263 g/mol. The summed E-state index contributed by atoms with van der Waals surface area (Å²) in [6, 6.07) is 0. The maximum atomic E-state index is 6.12. The van der Waals surface area contributed by atoms with Crippen LogP contribution in [0.5, 0.6) is 0 Å². The van der Waals surface area contributed by atoms with Crippen molar-refractivity contribution in [2.24, 2.45) is 7.05 Å². The lowest BCUT2D eigenvalue weighted by Gasteiger charge is -2.17. The predicted octanol–water partition coefficient (Wildman–Crippen LogP) is 1.86. The molecule has 1 unspecified atom stereocenters. The molecule has 94 valence electrons. The molecule has 0 spiro atoms. The molecule has 1 fully saturated rings. The molecular weight excluding hydrogens is 250 g/mol. The molecule has 1 saturated heterocycles. The topological polar surface area (TPSA) is 46.8 Å². The van der Waals surface area contributed by atoms with Gasteiger partial charge in [-0.2, -0.15) is 5.10 Å². The van der Waals surface area contributed by atoms with E-state index in [-0.39, 0.29) is 0 Å². The van der Waals surface area contributed by atoms with E-state index in [0.717, 1.165) is 25.3 Å². The third-order valence-corrected chi connectivity index (χ3v) is 3.60. The second-order valence-electron chi connectivity index (χ2n) is 4.57. The van der Waals surface area contributed by atoms with Gasteiger partial charge in [-0.3, -0.25) is 4.68 Å². The minimum Gasteiger partial charge on any atom is -0.355 e. The number of hydrogen-bond acceptors (Lipinski definition) is 4. The van der Waals surface area contributed by atoms with Crippen LogP contribution in [0.25, 0.3) is 0 Å². The van der Waals surface area contributed by atoms with E-state index in [2.05, 4.69) is 26.2 Å². The Hall–Kier alpha value is -1.62. The minimum absolute atomic E-state index is 0.504. The SMILES string of the molecule is Cn1cc(C2CCN(c3ncncc3Cl)C2)cn1. The molecule has 2 aromatic heterocycles. The van der Waals surface area contributed by atoms with Gasteiger partial charge in [0.25, 0.3) is 0 Å². The molecule has 0 radical (unpaired) electrons. The highest BCUT2D eigenvalue weighted by molar-refractivity contribution is 6.32. The van der Waals surface area contributed by atoms with E-state index >= 15 is 0 Å². The first kappa shape index (κ1) is 11.5. The summed E-state index contributed by atoms with van der Waals surface area (Å²) in [5.41, 5.74) is 1.28. The van der Waals surface area contributed by atoms with Crippen LogP contribution < -0.4 is 4.90 Å². The molecule has 1 aliphatic heterocycles. The van der Waals surface area contributed by atoms with Gasteiger partial charge in [0.1, 0.15) is 11.3 Å². The molecule has 6 heteroatoms. The first-order valence-corrected chi connectivity index (χ1v) is 6.31. The number of rotatable bonds is 2. The van der Waals surface area contributed by atoms with Crippen molar-refractivity contribution < 1.29 is 0 Å². The highest BCUT2D eigenvalue weighted by Gasteiger charge is 2.26. The number of nitrogens with zero attached hydrogens (tertiary/aromatic N) is 5. The molecule has 0 bridgehead atoms. The summed E-state index contributed by atoms with van der Waals surface area (Å²) in [6.07, 6.45) is 8.30. The van der Waals surface area contributed by atoms with Crippen LogP contribution in [0.2, 0.25) is 5.02 Å². The van der Waals surface area contributed by atoms with E-state index in [1.165, 1.54) is 5.56 Å². The van der Waals surface area contributed by atoms with Gasteiger partial charge in [0, 0.05) is 32.3 Å². The lowest BCUT2D eigenvalue weighted by molar-refractivity contribution is 0.754. The van der Waals surface area contributed by atoms with Gasteiger partial charge in [0.05, 0.1) is 12.4 Å². The molecule has 3 heterocycles. The Morgan fingerprint density at radius 3 is 3.00 bits per heavy atom. The molecule has 0 aliphatic carbocycles. The van der Waals surface area contributed by atoms with Crippen molar-refractivity contribution in [3.05, 3.63) is 35.5 Å². The molecule has 5 nitrogen and oxygen atoms in total. The van der Waals surface area contributed by atoms with Gasteiger partial charge in [-0.1, -0.05) is 11.6 Å². The zero-order chi connectivity index (χ0) is 12.5. The summed E-state index contributed by atoms with van der Waals surface area (Å²) in [6.45, 7) is 1.90. The number of hydrogen-bond donors (Lipinski definition) is 0. The summed E-state index contributed by atoms with van der Waals surface area (Å²) in [7, 11) is 1.94. The number of halogens is 1. The first-order chi connectivity index (χ1) is 8.74. The van der Waals surface area contributed by atoms with Gasteiger partial charge in [-0.05, 0) is 12.0 Å². The molecule has 0 aromatic carbocycles. The molecule has 2 aromatic rings. The second kappa shape index (κ2) is 4.57. The maximum Gasteiger partial charge on any atom is 0.150 e. The van der Waals surface area contributed by atoms with Crippen LogP contribution in [-0.2, 0) is 7.05 Å². The highest BCUT2D eigenvalue weighted by atomic mass is 35.5. The average molecular weight is 264 g/mol. The van der Waals surface area contributed by atoms with Crippen molar-refractivity contribution in [2.75, 3.05) is 18.0 Å². The van der Waals surface area contributed by atoms with Crippen molar-refractivity contribution in [3.8, 4) is 0 Å². The number of aryl methyl sites for hydroxylation is 1. The molecule has 1 atom stereocenters. The standard InChI is InChI=1S/C12H14ClN5/c1-17-6-10(4-16-17)9-2-3-18(7-9)12-11(13)5-14-8-15-12/h4-6,8-9H,2-3,7H2,1H3. The Morgan fingerprint density at radius 2 is 2.28 bits per heavy atom.